The van der Waals surface area contributed by atoms with Crippen LogP contribution >= 0.6 is 0 Å². The smallest absolute Gasteiger partial charge is 0.133 e. The first-order chi connectivity index (χ1) is 12.0. The van der Waals surface area contributed by atoms with E-state index in [0.29, 0.717) is 38.5 Å². The second kappa shape index (κ2) is 5.40. The van der Waals surface area contributed by atoms with Crippen LogP contribution in [0.1, 0.15) is 65.7 Å². The zero-order chi connectivity index (χ0) is 19.1. The molecule has 0 aromatic heterocycles. The molecule has 0 unspecified atom stereocenters. The Kier molecular flexibility index (Phi) is 3.87. The Morgan fingerprint density at radius 1 is 1.15 bits per heavy atom. The molecule has 8 atom stereocenters. The van der Waals surface area contributed by atoms with Gasteiger partial charge in [0.15, 0.2) is 0 Å². The van der Waals surface area contributed by atoms with Gasteiger partial charge < -0.3 is 20.4 Å². The number of hydrogen-bond acceptors (Lipinski definition) is 5. The van der Waals surface area contributed by atoms with Crippen LogP contribution in [-0.4, -0.2) is 49.6 Å². The van der Waals surface area contributed by atoms with Crippen LogP contribution in [0.2, 0.25) is 0 Å². The first-order valence-electron chi connectivity index (χ1n) is 10.0. The largest absolute Gasteiger partial charge is 0.393 e. The molecule has 0 radical (unpaired) electrons. The van der Waals surface area contributed by atoms with Crippen LogP contribution in [0.15, 0.2) is 11.6 Å². The lowest BCUT2D eigenvalue weighted by Crippen LogP contribution is -2.75. The van der Waals surface area contributed by atoms with Crippen molar-refractivity contribution in [3.63, 3.8) is 0 Å². The van der Waals surface area contributed by atoms with E-state index in [2.05, 4.69) is 6.92 Å². The van der Waals surface area contributed by atoms with Crippen LogP contribution in [0.4, 0.5) is 0 Å². The second-order valence-corrected chi connectivity index (χ2v) is 9.82. The molecule has 4 rings (SSSR count). The van der Waals surface area contributed by atoms with E-state index in [1.54, 1.807) is 6.92 Å². The first-order valence-corrected chi connectivity index (χ1v) is 10.0. The van der Waals surface area contributed by atoms with Gasteiger partial charge in [-0.15, -0.1) is 0 Å². The molecule has 26 heavy (non-hydrogen) atoms. The predicted molar refractivity (Wildman–Crippen MR) is 96.2 cm³/mol. The van der Waals surface area contributed by atoms with E-state index in [4.69, 9.17) is 0 Å². The van der Waals surface area contributed by atoms with Gasteiger partial charge in [0.05, 0.1) is 12.2 Å². The monoisotopic (exact) mass is 364 g/mol. The zero-order valence-electron chi connectivity index (χ0n) is 16.0. The summed E-state index contributed by atoms with van der Waals surface area (Å²) in [5.74, 6) is -0.733. The summed E-state index contributed by atoms with van der Waals surface area (Å²) in [6, 6.07) is 0. The summed E-state index contributed by atoms with van der Waals surface area (Å²) in [6.45, 7) is 5.42. The molecule has 0 aromatic carbocycles. The third-order valence-corrected chi connectivity index (χ3v) is 8.96. The third kappa shape index (κ3) is 1.93. The first kappa shape index (κ1) is 18.6. The highest BCUT2D eigenvalue weighted by atomic mass is 16.4. The molecule has 0 spiro atoms. The maximum Gasteiger partial charge on any atom is 0.133 e. The summed E-state index contributed by atoms with van der Waals surface area (Å²) in [6.07, 6.45) is 4.36. The fraction of sp³-hybridized carbons (Fsp3) is 0.857. The maximum absolute atomic E-state index is 12.2. The molecule has 4 N–H and O–H groups in total. The van der Waals surface area contributed by atoms with Gasteiger partial charge in [-0.25, -0.2) is 0 Å². The van der Waals surface area contributed by atoms with Crippen molar-refractivity contribution >= 4 is 5.78 Å². The summed E-state index contributed by atoms with van der Waals surface area (Å²) >= 11 is 0. The van der Waals surface area contributed by atoms with Crippen molar-refractivity contribution in [2.75, 3.05) is 0 Å². The quantitative estimate of drug-likeness (QED) is 0.531. The molecule has 146 valence electrons. The van der Waals surface area contributed by atoms with E-state index in [1.165, 1.54) is 6.92 Å². The van der Waals surface area contributed by atoms with Crippen molar-refractivity contribution in [2.24, 2.45) is 22.7 Å². The third-order valence-electron chi connectivity index (χ3n) is 8.96. The van der Waals surface area contributed by atoms with Gasteiger partial charge in [-0.05, 0) is 57.3 Å². The van der Waals surface area contributed by atoms with E-state index in [0.717, 1.165) is 12.0 Å². The van der Waals surface area contributed by atoms with Crippen molar-refractivity contribution in [1.29, 1.82) is 0 Å². The average molecular weight is 364 g/mol. The SMILES string of the molecule is CC(=O)[C@H]1CC[C@@]2(O)[C@]1(C)[C@H](O)C[C@@H]1[C@@]3(C)CC[C@H](O)CC3=CC[C@]12O. The molecule has 5 heteroatoms. The Balaban J connectivity index is 1.84. The minimum atomic E-state index is -1.49. The zero-order valence-corrected chi connectivity index (χ0v) is 16.0. The number of carbonyl (C=O) groups is 1. The normalized spacial score (nSPS) is 56.2. The van der Waals surface area contributed by atoms with Gasteiger partial charge in [0.25, 0.3) is 0 Å². The van der Waals surface area contributed by atoms with Gasteiger partial charge in [-0.1, -0.05) is 25.5 Å². The number of rotatable bonds is 1. The molecule has 0 aromatic rings. The van der Waals surface area contributed by atoms with Gasteiger partial charge in [0, 0.05) is 17.3 Å². The topological polar surface area (TPSA) is 98.0 Å². The van der Waals surface area contributed by atoms with Crippen LogP contribution < -0.4 is 0 Å². The Bertz CT molecular complexity index is 673. The number of aliphatic hydroxyl groups excluding tert-OH is 2. The molecule has 3 fully saturated rings. The van der Waals surface area contributed by atoms with Gasteiger partial charge in [-0.2, -0.15) is 0 Å². The summed E-state index contributed by atoms with van der Waals surface area (Å²) in [4.78, 5) is 12.2. The molecular weight excluding hydrogens is 332 g/mol. The van der Waals surface area contributed by atoms with Crippen LogP contribution in [-0.2, 0) is 4.79 Å². The molecule has 4 aliphatic carbocycles. The van der Waals surface area contributed by atoms with Crippen molar-refractivity contribution in [1.82, 2.24) is 0 Å². The standard InChI is InChI=1S/C21H32O5/c1-12(22)15-6-9-21(26)19(15,3)17(24)11-16-18(2)7-5-14(23)10-13(18)4-8-20(16,21)25/h4,14-17,23-26H,5-11H2,1-3H3/t14-,15+,16+,17+,18-,19-,20-,21+/m0/s1. The van der Waals surface area contributed by atoms with Crippen LogP contribution in [0, 0.1) is 22.7 Å². The van der Waals surface area contributed by atoms with E-state index >= 15 is 0 Å². The maximum atomic E-state index is 12.2. The molecule has 0 amide bonds. The van der Waals surface area contributed by atoms with Crippen LogP contribution in [0.25, 0.3) is 0 Å². The lowest BCUT2D eigenvalue weighted by molar-refractivity contribution is -0.297. The molecule has 5 nitrogen and oxygen atoms in total. The fourth-order valence-electron chi connectivity index (χ4n) is 7.29. The van der Waals surface area contributed by atoms with Crippen LogP contribution in [0.3, 0.4) is 0 Å². The number of fused-ring (bicyclic) bond motifs is 5. The van der Waals surface area contributed by atoms with Crippen molar-refractivity contribution < 1.29 is 25.2 Å². The van der Waals surface area contributed by atoms with E-state index < -0.39 is 28.6 Å². The minimum absolute atomic E-state index is 0.0245. The predicted octanol–water partition coefficient (Wildman–Crippen LogP) is 1.72. The number of Topliss-reactive ketones (excluding diaryl/α,β-unsaturated/α-hetero) is 1. The van der Waals surface area contributed by atoms with Gasteiger partial charge in [0.2, 0.25) is 0 Å². The Hall–Kier alpha value is -0.750. The Morgan fingerprint density at radius 2 is 1.85 bits per heavy atom. The van der Waals surface area contributed by atoms with Gasteiger partial charge in [-0.3, -0.25) is 4.79 Å². The average Bonchev–Trinajstić information content (AvgIpc) is 2.86. The van der Waals surface area contributed by atoms with Crippen molar-refractivity contribution in [2.45, 2.75) is 89.1 Å². The number of carbonyl (C=O) groups excluding carboxylic acids is 1. The van der Waals surface area contributed by atoms with E-state index in [1.807, 2.05) is 6.08 Å². The number of aliphatic hydroxyl groups is 4. The molecule has 0 saturated heterocycles. The Labute approximate surface area is 155 Å². The molecule has 4 aliphatic rings. The van der Waals surface area contributed by atoms with Crippen molar-refractivity contribution in [3.05, 3.63) is 11.6 Å². The highest BCUT2D eigenvalue weighted by Crippen LogP contribution is 2.69. The summed E-state index contributed by atoms with van der Waals surface area (Å²) in [7, 11) is 0. The second-order valence-electron chi connectivity index (χ2n) is 9.82. The molecule has 0 bridgehead atoms. The summed E-state index contributed by atoms with van der Waals surface area (Å²) in [5, 5.41) is 44.9. The molecular formula is C21H32O5. The van der Waals surface area contributed by atoms with Crippen molar-refractivity contribution in [3.8, 4) is 0 Å². The number of hydrogen-bond donors (Lipinski definition) is 4. The summed E-state index contributed by atoms with van der Waals surface area (Å²) < 4.78 is 0. The van der Waals surface area contributed by atoms with Crippen LogP contribution in [0.5, 0.6) is 0 Å². The molecule has 0 heterocycles. The highest BCUT2D eigenvalue weighted by Gasteiger charge is 2.76. The lowest BCUT2D eigenvalue weighted by Gasteiger charge is -2.66. The van der Waals surface area contributed by atoms with Gasteiger partial charge in [0.1, 0.15) is 17.0 Å². The minimum Gasteiger partial charge on any atom is -0.393 e. The summed E-state index contributed by atoms with van der Waals surface area (Å²) in [5.41, 5.74) is -3.06. The van der Waals surface area contributed by atoms with E-state index in [9.17, 15) is 25.2 Å². The Morgan fingerprint density at radius 3 is 2.50 bits per heavy atom. The lowest BCUT2D eigenvalue weighted by atomic mass is 9.43. The number of ketones is 1. The molecule has 3 saturated carbocycles. The molecule has 0 aliphatic heterocycles. The van der Waals surface area contributed by atoms with E-state index in [-0.39, 0.29) is 23.2 Å². The highest BCUT2D eigenvalue weighted by molar-refractivity contribution is 5.80. The fourth-order valence-corrected chi connectivity index (χ4v) is 7.29. The van der Waals surface area contributed by atoms with Gasteiger partial charge >= 0.3 is 0 Å².